The van der Waals surface area contributed by atoms with Crippen LogP contribution in [-0.2, 0) is 16.1 Å². The van der Waals surface area contributed by atoms with Crippen LogP contribution in [0.4, 0.5) is 18.9 Å². The smallest absolute Gasteiger partial charge is 0.380 e. The van der Waals surface area contributed by atoms with Crippen LogP contribution in [0.2, 0.25) is 0 Å². The first-order valence-corrected chi connectivity index (χ1v) is 6.46. The summed E-state index contributed by atoms with van der Waals surface area (Å²) in [6.07, 6.45) is -4.34. The van der Waals surface area contributed by atoms with Crippen LogP contribution in [0.1, 0.15) is 5.56 Å². The zero-order valence-corrected chi connectivity index (χ0v) is 12.3. The third-order valence-corrected chi connectivity index (χ3v) is 3.04. The van der Waals surface area contributed by atoms with Gasteiger partial charge in [0.2, 0.25) is 5.91 Å². The second-order valence-corrected chi connectivity index (χ2v) is 4.82. The first kappa shape index (κ1) is 16.9. The highest BCUT2D eigenvalue weighted by atomic mass is 79.9. The normalized spacial score (nSPS) is 11.4. The molecule has 1 amide bonds. The van der Waals surface area contributed by atoms with Crippen LogP contribution < -0.4 is 10.6 Å². The number of nitrogens with one attached hydrogen (secondary N) is 2. The summed E-state index contributed by atoms with van der Waals surface area (Å²) in [5, 5.41) is 4.58. The lowest BCUT2D eigenvalue weighted by Gasteiger charge is -2.13. The number of ether oxygens (including phenoxy) is 1. The number of benzene rings is 1. The molecule has 0 aliphatic rings. The minimum absolute atomic E-state index is 0.271. The molecule has 1 aromatic rings. The Morgan fingerprint density at radius 2 is 2.10 bits per heavy atom. The monoisotopic (exact) mass is 354 g/mol. The van der Waals surface area contributed by atoms with E-state index in [1.807, 2.05) is 5.32 Å². The van der Waals surface area contributed by atoms with Crippen molar-refractivity contribution in [3.8, 4) is 0 Å². The molecule has 0 radical (unpaired) electrons. The average molecular weight is 355 g/mol. The van der Waals surface area contributed by atoms with Gasteiger partial charge in [-0.25, -0.2) is 0 Å². The highest BCUT2D eigenvalue weighted by Gasteiger charge is 2.26. The van der Waals surface area contributed by atoms with Crippen molar-refractivity contribution in [3.63, 3.8) is 0 Å². The van der Waals surface area contributed by atoms with Crippen molar-refractivity contribution >= 4 is 27.5 Å². The lowest BCUT2D eigenvalue weighted by atomic mass is 10.2. The minimum Gasteiger partial charge on any atom is -0.380 e. The van der Waals surface area contributed by atoms with Crippen LogP contribution in [0.25, 0.3) is 0 Å². The van der Waals surface area contributed by atoms with Crippen LogP contribution >= 0.6 is 15.9 Å². The van der Waals surface area contributed by atoms with Crippen molar-refractivity contribution < 1.29 is 22.7 Å². The Balaban J connectivity index is 2.60. The molecule has 0 atom stereocenters. The van der Waals surface area contributed by atoms with Crippen LogP contribution in [-0.4, -0.2) is 32.3 Å². The van der Waals surface area contributed by atoms with E-state index in [2.05, 4.69) is 21.2 Å². The van der Waals surface area contributed by atoms with Crippen LogP contribution in [0, 0.1) is 0 Å². The average Bonchev–Trinajstić information content (AvgIpc) is 2.32. The maximum Gasteiger partial charge on any atom is 0.401 e. The Labute approximate surface area is 122 Å². The molecule has 0 aromatic heterocycles. The van der Waals surface area contributed by atoms with Crippen molar-refractivity contribution in [1.82, 2.24) is 5.32 Å². The number of hydrogen-bond acceptors (Lipinski definition) is 3. The van der Waals surface area contributed by atoms with E-state index in [9.17, 15) is 18.0 Å². The first-order chi connectivity index (χ1) is 9.33. The molecule has 0 fully saturated rings. The number of amides is 1. The molecule has 0 spiro atoms. The summed E-state index contributed by atoms with van der Waals surface area (Å²) >= 11 is 3.32. The zero-order valence-electron chi connectivity index (χ0n) is 10.7. The molecule has 0 aliphatic heterocycles. The zero-order chi connectivity index (χ0) is 15.2. The number of halogens is 4. The van der Waals surface area contributed by atoms with E-state index in [-0.39, 0.29) is 6.61 Å². The van der Waals surface area contributed by atoms with Gasteiger partial charge in [-0.3, -0.25) is 4.79 Å². The fourth-order valence-corrected chi connectivity index (χ4v) is 1.96. The Morgan fingerprint density at radius 1 is 1.40 bits per heavy atom. The number of methoxy groups -OCH3 is 1. The maximum absolute atomic E-state index is 11.9. The van der Waals surface area contributed by atoms with Crippen molar-refractivity contribution in [3.05, 3.63) is 28.2 Å². The third-order valence-electron chi connectivity index (χ3n) is 2.29. The largest absolute Gasteiger partial charge is 0.401 e. The van der Waals surface area contributed by atoms with E-state index in [1.54, 1.807) is 18.2 Å². The van der Waals surface area contributed by atoms with E-state index >= 15 is 0 Å². The molecular formula is C12H14BrF3N2O2. The topological polar surface area (TPSA) is 50.4 Å². The standard InChI is InChI=1S/C12H14BrF3N2O2/c1-20-6-8-9(13)3-2-4-10(8)18-11(19)5-17-7-12(14,15)16/h2-4,17H,5-7H2,1H3,(H,18,19). The van der Waals surface area contributed by atoms with Crippen molar-refractivity contribution in [2.24, 2.45) is 0 Å². The molecule has 0 aliphatic carbocycles. The summed E-state index contributed by atoms with van der Waals surface area (Å²) < 4.78 is 41.6. The van der Waals surface area contributed by atoms with E-state index in [1.165, 1.54) is 7.11 Å². The van der Waals surface area contributed by atoms with E-state index in [0.29, 0.717) is 5.69 Å². The molecular weight excluding hydrogens is 341 g/mol. The fraction of sp³-hybridized carbons (Fsp3) is 0.417. The van der Waals surface area contributed by atoms with Gasteiger partial charge in [-0.2, -0.15) is 13.2 Å². The van der Waals surface area contributed by atoms with Gasteiger partial charge in [0.15, 0.2) is 0 Å². The van der Waals surface area contributed by atoms with E-state index in [4.69, 9.17) is 4.74 Å². The van der Waals surface area contributed by atoms with Crippen molar-refractivity contribution in [2.45, 2.75) is 12.8 Å². The number of anilines is 1. The molecule has 2 N–H and O–H groups in total. The molecule has 0 unspecified atom stereocenters. The highest BCUT2D eigenvalue weighted by molar-refractivity contribution is 9.10. The predicted octanol–water partition coefficient (Wildman–Crippen LogP) is 2.69. The molecule has 0 saturated carbocycles. The second-order valence-electron chi connectivity index (χ2n) is 3.97. The first-order valence-electron chi connectivity index (χ1n) is 5.67. The summed E-state index contributed by atoms with van der Waals surface area (Å²) in [5.74, 6) is -0.551. The Morgan fingerprint density at radius 3 is 2.70 bits per heavy atom. The highest BCUT2D eigenvalue weighted by Crippen LogP contribution is 2.25. The summed E-state index contributed by atoms with van der Waals surface area (Å²) in [7, 11) is 1.51. The second kappa shape index (κ2) is 7.61. The molecule has 1 aromatic carbocycles. The van der Waals surface area contributed by atoms with Gasteiger partial charge in [0, 0.05) is 22.8 Å². The number of carbonyl (C=O) groups is 1. The van der Waals surface area contributed by atoms with Crippen LogP contribution in [0.5, 0.6) is 0 Å². The molecule has 1 rings (SSSR count). The molecule has 4 nitrogen and oxygen atoms in total. The minimum atomic E-state index is -4.34. The maximum atomic E-state index is 11.9. The fourth-order valence-electron chi connectivity index (χ4n) is 1.48. The molecule has 0 bridgehead atoms. The number of rotatable bonds is 6. The van der Waals surface area contributed by atoms with Gasteiger partial charge in [0.25, 0.3) is 0 Å². The number of alkyl halides is 3. The molecule has 0 saturated heterocycles. The SMILES string of the molecule is COCc1c(Br)cccc1NC(=O)CNCC(F)(F)F. The third kappa shape index (κ3) is 5.89. The van der Waals surface area contributed by atoms with Gasteiger partial charge in [-0.1, -0.05) is 22.0 Å². The summed E-state index contributed by atoms with van der Waals surface area (Å²) in [6, 6.07) is 5.15. The number of hydrogen-bond donors (Lipinski definition) is 2. The summed E-state index contributed by atoms with van der Waals surface area (Å²) in [6.45, 7) is -1.35. The molecule has 112 valence electrons. The van der Waals surface area contributed by atoms with Crippen molar-refractivity contribution in [2.75, 3.05) is 25.5 Å². The Bertz CT molecular complexity index is 467. The quantitative estimate of drug-likeness (QED) is 0.825. The summed E-state index contributed by atoms with van der Waals surface area (Å²) in [5.41, 5.74) is 1.22. The van der Waals surface area contributed by atoms with Gasteiger partial charge in [-0.15, -0.1) is 0 Å². The lowest BCUT2D eigenvalue weighted by Crippen LogP contribution is -2.35. The van der Waals surface area contributed by atoms with Gasteiger partial charge < -0.3 is 15.4 Å². The van der Waals surface area contributed by atoms with E-state index < -0.39 is 25.2 Å². The Kier molecular flexibility index (Phi) is 6.44. The van der Waals surface area contributed by atoms with Crippen molar-refractivity contribution in [1.29, 1.82) is 0 Å². The van der Waals surface area contributed by atoms with Gasteiger partial charge in [-0.05, 0) is 12.1 Å². The van der Waals surface area contributed by atoms with Gasteiger partial charge in [0.05, 0.1) is 19.7 Å². The molecule has 8 heteroatoms. The summed E-state index contributed by atoms with van der Waals surface area (Å²) in [4.78, 5) is 11.6. The Hall–Kier alpha value is -1.12. The van der Waals surface area contributed by atoms with Gasteiger partial charge >= 0.3 is 6.18 Å². The predicted molar refractivity (Wildman–Crippen MR) is 72.4 cm³/mol. The van der Waals surface area contributed by atoms with Gasteiger partial charge in [0.1, 0.15) is 0 Å². The molecule has 0 heterocycles. The molecule has 20 heavy (non-hydrogen) atoms. The lowest BCUT2D eigenvalue weighted by molar-refractivity contribution is -0.126. The van der Waals surface area contributed by atoms with Crippen LogP contribution in [0.3, 0.4) is 0 Å². The van der Waals surface area contributed by atoms with Crippen LogP contribution in [0.15, 0.2) is 22.7 Å². The van der Waals surface area contributed by atoms with E-state index in [0.717, 1.165) is 10.0 Å². The number of carbonyl (C=O) groups excluding carboxylic acids is 1.